The van der Waals surface area contributed by atoms with Crippen molar-refractivity contribution in [1.29, 1.82) is 0 Å². The quantitative estimate of drug-likeness (QED) is 0.447. The van der Waals surface area contributed by atoms with Gasteiger partial charge in [0.05, 0.1) is 16.9 Å². The van der Waals surface area contributed by atoms with Crippen LogP contribution in [0.15, 0.2) is 61.1 Å². The summed E-state index contributed by atoms with van der Waals surface area (Å²) in [6.07, 6.45) is 0.697. The molecule has 0 unspecified atom stereocenters. The highest BCUT2D eigenvalue weighted by atomic mass is 19.4. The van der Waals surface area contributed by atoms with Crippen molar-refractivity contribution >= 4 is 0 Å². The minimum absolute atomic E-state index is 0.423. The largest absolute Gasteiger partial charge is 0.416 e. The molecule has 0 saturated heterocycles. The van der Waals surface area contributed by atoms with Gasteiger partial charge in [0, 0.05) is 30.7 Å². The van der Waals surface area contributed by atoms with Crippen molar-refractivity contribution in [3.05, 3.63) is 72.2 Å². The van der Waals surface area contributed by atoms with Crippen LogP contribution in [0.1, 0.15) is 11.1 Å². The number of hydrogen-bond donors (Lipinski definition) is 0. The van der Waals surface area contributed by atoms with Crippen LogP contribution in [0.5, 0.6) is 0 Å². The van der Waals surface area contributed by atoms with Gasteiger partial charge in [0.1, 0.15) is 0 Å². The van der Waals surface area contributed by atoms with Crippen LogP contribution in [0.25, 0.3) is 28.6 Å². The van der Waals surface area contributed by atoms with Crippen molar-refractivity contribution in [2.75, 3.05) is 0 Å². The van der Waals surface area contributed by atoms with Crippen LogP contribution in [0, 0.1) is 0 Å². The maximum Gasteiger partial charge on any atom is 0.416 e. The molecule has 4 aromatic rings. The second-order valence-corrected chi connectivity index (χ2v) is 6.29. The van der Waals surface area contributed by atoms with E-state index in [0.29, 0.717) is 29.4 Å². The van der Waals surface area contributed by atoms with Gasteiger partial charge in [-0.3, -0.25) is 9.55 Å². The number of fused-ring (bicyclic) bond motifs is 5. The van der Waals surface area contributed by atoms with Gasteiger partial charge in [0.2, 0.25) is 0 Å². The van der Waals surface area contributed by atoms with Crippen molar-refractivity contribution in [3.63, 3.8) is 0 Å². The molecule has 1 aliphatic rings. The Balaban J connectivity index is 1.84. The fourth-order valence-electron chi connectivity index (χ4n) is 3.38. The third-order valence-corrected chi connectivity index (χ3v) is 4.64. The van der Waals surface area contributed by atoms with Crippen LogP contribution < -0.4 is 0 Å². The lowest BCUT2D eigenvalue weighted by molar-refractivity contribution is -0.137. The standard InChI is InChI=1S/C19H12F3N5/c20-19(21,22)14-6-5-13-11-26-8-2-4-15(26)18-25-24-17(27(18)16(13)9-14)12-3-1-7-23-10-12/h1-10H,11H2. The van der Waals surface area contributed by atoms with E-state index in [-0.39, 0.29) is 0 Å². The molecule has 0 bridgehead atoms. The zero-order valence-corrected chi connectivity index (χ0v) is 13.9. The molecule has 3 aromatic heterocycles. The van der Waals surface area contributed by atoms with E-state index < -0.39 is 11.7 Å². The first kappa shape index (κ1) is 15.8. The molecule has 0 amide bonds. The summed E-state index contributed by atoms with van der Waals surface area (Å²) >= 11 is 0. The summed E-state index contributed by atoms with van der Waals surface area (Å²) in [5.74, 6) is 0.949. The zero-order valence-electron chi connectivity index (χ0n) is 13.9. The average Bonchev–Trinajstić information content (AvgIpc) is 3.26. The Labute approximate surface area is 151 Å². The van der Waals surface area contributed by atoms with Gasteiger partial charge in [-0.05, 0) is 42.0 Å². The normalized spacial score (nSPS) is 12.9. The first-order valence-electron chi connectivity index (χ1n) is 8.24. The maximum absolute atomic E-state index is 13.3. The van der Waals surface area contributed by atoms with Gasteiger partial charge in [0.25, 0.3) is 0 Å². The smallest absolute Gasteiger partial charge is 0.340 e. The molecule has 134 valence electrons. The third-order valence-electron chi connectivity index (χ3n) is 4.64. The molecule has 1 aliphatic heterocycles. The van der Waals surface area contributed by atoms with Crippen molar-refractivity contribution in [2.24, 2.45) is 0 Å². The molecule has 0 aliphatic carbocycles. The molecular formula is C19H12F3N5. The minimum atomic E-state index is -4.43. The molecular weight excluding hydrogens is 355 g/mol. The molecule has 0 N–H and O–H groups in total. The number of rotatable bonds is 1. The van der Waals surface area contributed by atoms with Crippen LogP contribution in [0.3, 0.4) is 0 Å². The molecule has 0 radical (unpaired) electrons. The average molecular weight is 367 g/mol. The summed E-state index contributed by atoms with van der Waals surface area (Å²) in [6.45, 7) is 0.450. The second-order valence-electron chi connectivity index (χ2n) is 6.29. The Morgan fingerprint density at radius 3 is 2.59 bits per heavy atom. The summed E-state index contributed by atoms with van der Waals surface area (Å²) in [5, 5.41) is 8.54. The Hall–Kier alpha value is -3.42. The van der Waals surface area contributed by atoms with E-state index in [1.807, 2.05) is 29.0 Å². The van der Waals surface area contributed by atoms with Crippen molar-refractivity contribution in [3.8, 4) is 28.6 Å². The number of benzene rings is 1. The van der Waals surface area contributed by atoms with Gasteiger partial charge in [-0.15, -0.1) is 10.2 Å². The van der Waals surface area contributed by atoms with Crippen molar-refractivity contribution in [2.45, 2.75) is 12.7 Å². The van der Waals surface area contributed by atoms with Crippen molar-refractivity contribution < 1.29 is 13.2 Å². The molecule has 5 nitrogen and oxygen atoms in total. The predicted octanol–water partition coefficient (Wildman–Crippen LogP) is 4.18. The van der Waals surface area contributed by atoms with Crippen LogP contribution in [-0.4, -0.2) is 24.3 Å². The summed E-state index contributed by atoms with van der Waals surface area (Å²) in [7, 11) is 0. The fourth-order valence-corrected chi connectivity index (χ4v) is 3.38. The molecule has 0 atom stereocenters. The van der Waals surface area contributed by atoms with E-state index in [1.165, 1.54) is 6.07 Å². The second kappa shape index (κ2) is 5.54. The lowest BCUT2D eigenvalue weighted by Crippen LogP contribution is -2.09. The number of alkyl halides is 3. The predicted molar refractivity (Wildman–Crippen MR) is 92.1 cm³/mol. The Morgan fingerprint density at radius 1 is 0.963 bits per heavy atom. The monoisotopic (exact) mass is 367 g/mol. The molecule has 4 heterocycles. The molecule has 27 heavy (non-hydrogen) atoms. The number of pyridine rings is 1. The molecule has 0 spiro atoms. The number of hydrogen-bond acceptors (Lipinski definition) is 3. The van der Waals surface area contributed by atoms with E-state index in [0.717, 1.165) is 23.4 Å². The summed E-state index contributed by atoms with van der Waals surface area (Å²) in [4.78, 5) is 4.09. The van der Waals surface area contributed by atoms with E-state index in [1.54, 1.807) is 23.0 Å². The van der Waals surface area contributed by atoms with Gasteiger partial charge in [-0.25, -0.2) is 0 Å². The molecule has 5 rings (SSSR count). The Morgan fingerprint density at radius 2 is 1.81 bits per heavy atom. The highest BCUT2D eigenvalue weighted by Crippen LogP contribution is 2.37. The first-order chi connectivity index (χ1) is 13.0. The third kappa shape index (κ3) is 2.44. The van der Waals surface area contributed by atoms with Crippen molar-refractivity contribution in [1.82, 2.24) is 24.3 Å². The highest BCUT2D eigenvalue weighted by molar-refractivity contribution is 5.67. The van der Waals surface area contributed by atoms with E-state index >= 15 is 0 Å². The van der Waals surface area contributed by atoms with Gasteiger partial charge in [-0.1, -0.05) is 6.07 Å². The van der Waals surface area contributed by atoms with E-state index in [4.69, 9.17) is 0 Å². The summed E-state index contributed by atoms with van der Waals surface area (Å²) < 4.78 is 43.6. The molecule has 1 aromatic carbocycles. The first-order valence-corrected chi connectivity index (χ1v) is 8.24. The topological polar surface area (TPSA) is 48.5 Å². The zero-order chi connectivity index (χ0) is 18.6. The lowest BCUT2D eigenvalue weighted by Gasteiger charge is -2.15. The van der Waals surface area contributed by atoms with Gasteiger partial charge in [0.15, 0.2) is 11.6 Å². The number of nitrogens with zero attached hydrogens (tertiary/aromatic N) is 5. The van der Waals surface area contributed by atoms with Crippen LogP contribution in [0.4, 0.5) is 13.2 Å². The molecule has 8 heteroatoms. The van der Waals surface area contributed by atoms with Gasteiger partial charge in [-0.2, -0.15) is 13.2 Å². The summed E-state index contributed by atoms with van der Waals surface area (Å²) in [6, 6.07) is 11.1. The molecule has 0 saturated carbocycles. The highest BCUT2D eigenvalue weighted by Gasteiger charge is 2.33. The number of halogens is 3. The Kier molecular flexibility index (Phi) is 3.24. The minimum Gasteiger partial charge on any atom is -0.340 e. The number of aromatic nitrogens is 5. The van der Waals surface area contributed by atoms with Crippen LogP contribution in [-0.2, 0) is 12.7 Å². The lowest BCUT2D eigenvalue weighted by atomic mass is 10.1. The SMILES string of the molecule is FC(F)(F)c1ccc2c(c1)-n1c(-c3cccnc3)nnc1-c1cccn1C2. The fraction of sp³-hybridized carbons (Fsp3) is 0.105. The summed E-state index contributed by atoms with van der Waals surface area (Å²) in [5.41, 5.74) is 1.95. The maximum atomic E-state index is 13.3. The Bertz CT molecular complexity index is 1140. The molecule has 0 fully saturated rings. The van der Waals surface area contributed by atoms with Gasteiger partial charge >= 0.3 is 6.18 Å². The van der Waals surface area contributed by atoms with E-state index in [9.17, 15) is 13.2 Å². The van der Waals surface area contributed by atoms with Gasteiger partial charge < -0.3 is 4.57 Å². The van der Waals surface area contributed by atoms with Crippen LogP contribution in [0.2, 0.25) is 0 Å². The van der Waals surface area contributed by atoms with E-state index in [2.05, 4.69) is 15.2 Å². The van der Waals surface area contributed by atoms with Crippen LogP contribution >= 0.6 is 0 Å².